The van der Waals surface area contributed by atoms with Crippen LogP contribution in [0.3, 0.4) is 0 Å². The van der Waals surface area contributed by atoms with Crippen LogP contribution in [0, 0.1) is 0 Å². The average molecular weight is 197 g/mol. The van der Waals surface area contributed by atoms with Crippen molar-refractivity contribution in [1.82, 2.24) is 0 Å². The third-order valence-corrected chi connectivity index (χ3v) is 3.59. The number of aliphatic hydroxyl groups excluding tert-OH is 1. The lowest BCUT2D eigenvalue weighted by atomic mass is 10.0. The molecule has 6 heteroatoms. The Hall–Kier alpha value is -0.170. The Balaban J connectivity index is 4.62. The van der Waals surface area contributed by atoms with Gasteiger partial charge >= 0.3 is 0 Å². The summed E-state index contributed by atoms with van der Waals surface area (Å²) in [4.78, 5) is 0. The van der Waals surface area contributed by atoms with Gasteiger partial charge in [-0.3, -0.25) is 4.55 Å². The van der Waals surface area contributed by atoms with E-state index in [1.165, 1.54) is 6.92 Å². The molecule has 1 atom stereocenters. The molecule has 12 heavy (non-hydrogen) atoms. The van der Waals surface area contributed by atoms with Gasteiger partial charge in [0.15, 0.2) is 0 Å². The zero-order valence-electron chi connectivity index (χ0n) is 7.02. The normalized spacial score (nSPS) is 17.3. The van der Waals surface area contributed by atoms with Crippen molar-refractivity contribution in [2.45, 2.75) is 24.5 Å². The standard InChI is InChI=1S/C6H15NO4S/c1-6(2-4-7,3-5-8)12(9,10)11/h8H,2-5,7H2,1H3,(H,9,10,11). The lowest BCUT2D eigenvalue weighted by molar-refractivity contribution is 0.259. The van der Waals surface area contributed by atoms with Crippen LogP contribution < -0.4 is 5.73 Å². The number of rotatable bonds is 5. The molecular weight excluding hydrogens is 182 g/mol. The Labute approximate surface area is 72.3 Å². The van der Waals surface area contributed by atoms with E-state index >= 15 is 0 Å². The van der Waals surface area contributed by atoms with Gasteiger partial charge < -0.3 is 10.8 Å². The van der Waals surface area contributed by atoms with Crippen molar-refractivity contribution >= 4 is 10.1 Å². The van der Waals surface area contributed by atoms with E-state index in [2.05, 4.69) is 0 Å². The number of nitrogens with two attached hydrogens (primary N) is 1. The van der Waals surface area contributed by atoms with Gasteiger partial charge in [0.25, 0.3) is 10.1 Å². The van der Waals surface area contributed by atoms with E-state index in [0.717, 1.165) is 0 Å². The molecule has 5 nitrogen and oxygen atoms in total. The second-order valence-electron chi connectivity index (χ2n) is 2.94. The topological polar surface area (TPSA) is 101 Å². The van der Waals surface area contributed by atoms with Crippen molar-refractivity contribution < 1.29 is 18.1 Å². The zero-order chi connectivity index (χ0) is 9.83. The smallest absolute Gasteiger partial charge is 0.270 e. The minimum absolute atomic E-state index is 0.00301. The zero-order valence-corrected chi connectivity index (χ0v) is 7.84. The molecule has 0 rings (SSSR count). The molecule has 1 unspecified atom stereocenters. The molecule has 0 aromatic heterocycles. The van der Waals surface area contributed by atoms with Gasteiger partial charge in [-0.1, -0.05) is 0 Å². The predicted octanol–water partition coefficient (Wildman–Crippen LogP) is -0.636. The molecule has 0 aromatic rings. The number of hydrogen-bond donors (Lipinski definition) is 3. The summed E-state index contributed by atoms with van der Waals surface area (Å²) in [5, 5.41) is 8.58. The summed E-state index contributed by atoms with van der Waals surface area (Å²) in [5.74, 6) is 0. The van der Waals surface area contributed by atoms with Gasteiger partial charge in [0.2, 0.25) is 0 Å². The van der Waals surface area contributed by atoms with E-state index in [9.17, 15) is 8.42 Å². The summed E-state index contributed by atoms with van der Waals surface area (Å²) in [6.45, 7) is 1.25. The van der Waals surface area contributed by atoms with Crippen molar-refractivity contribution in [2.75, 3.05) is 13.2 Å². The molecule has 0 aliphatic heterocycles. The molecule has 0 aliphatic carbocycles. The summed E-state index contributed by atoms with van der Waals surface area (Å²) >= 11 is 0. The van der Waals surface area contributed by atoms with Crippen LogP contribution in [0.15, 0.2) is 0 Å². The fourth-order valence-corrected chi connectivity index (χ4v) is 1.65. The van der Waals surface area contributed by atoms with Crippen molar-refractivity contribution in [3.05, 3.63) is 0 Å². The Bertz CT molecular complexity index is 218. The Kier molecular flexibility index (Phi) is 4.12. The molecule has 74 valence electrons. The molecule has 0 spiro atoms. The number of aliphatic hydroxyl groups is 1. The summed E-state index contributed by atoms with van der Waals surface area (Å²) in [6, 6.07) is 0. The maximum absolute atomic E-state index is 10.8. The maximum atomic E-state index is 10.8. The third kappa shape index (κ3) is 2.71. The van der Waals surface area contributed by atoms with E-state index < -0.39 is 14.9 Å². The Morgan fingerprint density at radius 2 is 1.92 bits per heavy atom. The first-order valence-corrected chi connectivity index (χ1v) is 5.09. The largest absolute Gasteiger partial charge is 0.396 e. The van der Waals surface area contributed by atoms with Gasteiger partial charge in [-0.15, -0.1) is 0 Å². The molecule has 0 saturated carbocycles. The Morgan fingerprint density at radius 3 is 2.17 bits per heavy atom. The first-order valence-electron chi connectivity index (χ1n) is 3.65. The highest BCUT2D eigenvalue weighted by Crippen LogP contribution is 2.23. The van der Waals surface area contributed by atoms with Gasteiger partial charge in [0.1, 0.15) is 0 Å². The first kappa shape index (κ1) is 11.8. The van der Waals surface area contributed by atoms with E-state index in [-0.39, 0.29) is 26.0 Å². The fraction of sp³-hybridized carbons (Fsp3) is 1.00. The van der Waals surface area contributed by atoms with Gasteiger partial charge in [-0.05, 0) is 26.3 Å². The Morgan fingerprint density at radius 1 is 1.42 bits per heavy atom. The maximum Gasteiger partial charge on any atom is 0.270 e. The van der Waals surface area contributed by atoms with Crippen molar-refractivity contribution in [2.24, 2.45) is 5.73 Å². The van der Waals surface area contributed by atoms with Gasteiger partial charge in [0, 0.05) is 6.61 Å². The minimum Gasteiger partial charge on any atom is -0.396 e. The van der Waals surface area contributed by atoms with Crippen LogP contribution in [0.25, 0.3) is 0 Å². The van der Waals surface area contributed by atoms with Gasteiger partial charge in [-0.25, -0.2) is 0 Å². The van der Waals surface area contributed by atoms with Gasteiger partial charge in [-0.2, -0.15) is 8.42 Å². The SMILES string of the molecule is CC(CCN)(CCO)S(=O)(=O)O. The molecule has 0 aromatic carbocycles. The predicted molar refractivity (Wildman–Crippen MR) is 45.3 cm³/mol. The quantitative estimate of drug-likeness (QED) is 0.509. The van der Waals surface area contributed by atoms with Crippen LogP contribution in [-0.4, -0.2) is 36.0 Å². The van der Waals surface area contributed by atoms with Crippen molar-refractivity contribution in [1.29, 1.82) is 0 Å². The number of hydrogen-bond acceptors (Lipinski definition) is 4. The molecule has 0 saturated heterocycles. The summed E-state index contributed by atoms with van der Waals surface area (Å²) in [7, 11) is -4.13. The molecular formula is C6H15NO4S. The van der Waals surface area contributed by atoms with Crippen LogP contribution in [0.5, 0.6) is 0 Å². The summed E-state index contributed by atoms with van der Waals surface area (Å²) in [6.07, 6.45) is 0.148. The monoisotopic (exact) mass is 197 g/mol. The second-order valence-corrected chi connectivity index (χ2v) is 4.87. The van der Waals surface area contributed by atoms with Crippen LogP contribution in [-0.2, 0) is 10.1 Å². The lowest BCUT2D eigenvalue weighted by Crippen LogP contribution is -2.38. The highest BCUT2D eigenvalue weighted by Gasteiger charge is 2.36. The van der Waals surface area contributed by atoms with E-state index in [1.807, 2.05) is 0 Å². The van der Waals surface area contributed by atoms with Gasteiger partial charge in [0.05, 0.1) is 4.75 Å². The summed E-state index contributed by atoms with van der Waals surface area (Å²) < 4.78 is 29.1. The molecule has 0 heterocycles. The molecule has 0 radical (unpaired) electrons. The lowest BCUT2D eigenvalue weighted by Gasteiger charge is -2.24. The molecule has 0 amide bonds. The van der Waals surface area contributed by atoms with Crippen molar-refractivity contribution in [3.8, 4) is 0 Å². The highest BCUT2D eigenvalue weighted by atomic mass is 32.2. The van der Waals surface area contributed by atoms with Crippen LogP contribution in [0.4, 0.5) is 0 Å². The highest BCUT2D eigenvalue weighted by molar-refractivity contribution is 7.87. The molecule has 4 N–H and O–H groups in total. The molecule has 0 aliphatic rings. The molecule has 0 bridgehead atoms. The van der Waals surface area contributed by atoms with Crippen LogP contribution >= 0.6 is 0 Å². The van der Waals surface area contributed by atoms with E-state index in [0.29, 0.717) is 0 Å². The fourth-order valence-electron chi connectivity index (χ4n) is 0.925. The van der Waals surface area contributed by atoms with Crippen LogP contribution in [0.2, 0.25) is 0 Å². The second kappa shape index (κ2) is 4.18. The summed E-state index contributed by atoms with van der Waals surface area (Å²) in [5.41, 5.74) is 5.18. The van der Waals surface area contributed by atoms with E-state index in [1.54, 1.807) is 0 Å². The van der Waals surface area contributed by atoms with E-state index in [4.69, 9.17) is 15.4 Å². The minimum atomic E-state index is -4.13. The molecule has 0 fully saturated rings. The van der Waals surface area contributed by atoms with Crippen LogP contribution in [0.1, 0.15) is 19.8 Å². The van der Waals surface area contributed by atoms with Crippen molar-refractivity contribution in [3.63, 3.8) is 0 Å². The third-order valence-electron chi connectivity index (χ3n) is 1.94. The first-order chi connectivity index (χ1) is 5.37. The average Bonchev–Trinajstić information content (AvgIpc) is 1.86.